The van der Waals surface area contributed by atoms with Gasteiger partial charge in [-0.1, -0.05) is 36.4 Å². The van der Waals surface area contributed by atoms with Gasteiger partial charge in [-0.15, -0.1) is 0 Å². The molecule has 2 fully saturated rings. The summed E-state index contributed by atoms with van der Waals surface area (Å²) in [6.45, 7) is 1.58. The van der Waals surface area contributed by atoms with E-state index in [9.17, 15) is 17.6 Å². The molecule has 29 heavy (non-hydrogen) atoms. The summed E-state index contributed by atoms with van der Waals surface area (Å²) < 4.78 is 40.6. The number of quaternary nitrogens is 1. The minimum absolute atomic E-state index is 0.00450. The van der Waals surface area contributed by atoms with Gasteiger partial charge in [-0.25, -0.2) is 12.8 Å². The number of halogens is 1. The lowest BCUT2D eigenvalue weighted by Crippen LogP contribution is -3.16. The summed E-state index contributed by atoms with van der Waals surface area (Å²) in [5.41, 5.74) is 0.932. The molecule has 1 saturated heterocycles. The zero-order valence-electron chi connectivity index (χ0n) is 16.1. The fourth-order valence-electron chi connectivity index (χ4n) is 3.81. The Hall–Kier alpha value is -2.29. The third kappa shape index (κ3) is 4.49. The SMILES string of the molecule is O=C(NC1CC1)[C@H](c1ccccc1)[NH+]1CCN(S(=O)(=O)c2cccc(F)c2)CC1. The zero-order valence-corrected chi connectivity index (χ0v) is 16.9. The van der Waals surface area contributed by atoms with Crippen molar-refractivity contribution in [3.63, 3.8) is 0 Å². The Morgan fingerprint density at radius 2 is 1.76 bits per heavy atom. The van der Waals surface area contributed by atoms with Crippen LogP contribution in [0.4, 0.5) is 4.39 Å². The molecule has 1 heterocycles. The number of rotatable bonds is 6. The summed E-state index contributed by atoms with van der Waals surface area (Å²) in [6, 6.07) is 14.6. The molecule has 1 aliphatic carbocycles. The fourth-order valence-corrected chi connectivity index (χ4v) is 5.28. The average molecular weight is 419 g/mol. The lowest BCUT2D eigenvalue weighted by molar-refractivity contribution is -0.925. The molecule has 0 unspecified atom stereocenters. The van der Waals surface area contributed by atoms with E-state index in [2.05, 4.69) is 5.32 Å². The number of nitrogens with one attached hydrogen (secondary N) is 2. The molecule has 0 radical (unpaired) electrons. The van der Waals surface area contributed by atoms with Gasteiger partial charge in [0, 0.05) is 11.6 Å². The van der Waals surface area contributed by atoms with Crippen LogP contribution in [-0.4, -0.2) is 50.9 Å². The third-order valence-electron chi connectivity index (χ3n) is 5.53. The van der Waals surface area contributed by atoms with Crippen LogP contribution in [0.15, 0.2) is 59.5 Å². The summed E-state index contributed by atoms with van der Waals surface area (Å²) in [5.74, 6) is -0.577. The van der Waals surface area contributed by atoms with E-state index in [1.807, 2.05) is 30.3 Å². The molecule has 8 heteroatoms. The first-order valence-electron chi connectivity index (χ1n) is 9.91. The third-order valence-corrected chi connectivity index (χ3v) is 7.42. The maximum atomic E-state index is 13.5. The smallest absolute Gasteiger partial charge is 0.283 e. The largest absolute Gasteiger partial charge is 0.348 e. The second-order valence-electron chi connectivity index (χ2n) is 7.65. The second-order valence-corrected chi connectivity index (χ2v) is 9.58. The van der Waals surface area contributed by atoms with Crippen LogP contribution in [0.3, 0.4) is 0 Å². The summed E-state index contributed by atoms with van der Waals surface area (Å²) in [7, 11) is -3.75. The molecule has 0 bridgehead atoms. The molecule has 1 saturated carbocycles. The zero-order chi connectivity index (χ0) is 20.4. The maximum absolute atomic E-state index is 13.5. The second kappa shape index (κ2) is 8.22. The lowest BCUT2D eigenvalue weighted by Gasteiger charge is -2.35. The maximum Gasteiger partial charge on any atom is 0.283 e. The Balaban J connectivity index is 1.49. The van der Waals surface area contributed by atoms with Gasteiger partial charge in [0.1, 0.15) is 5.82 Å². The van der Waals surface area contributed by atoms with Gasteiger partial charge in [0.05, 0.1) is 31.1 Å². The topological polar surface area (TPSA) is 70.9 Å². The van der Waals surface area contributed by atoms with Gasteiger partial charge in [-0.05, 0) is 31.0 Å². The van der Waals surface area contributed by atoms with Gasteiger partial charge in [-0.2, -0.15) is 4.31 Å². The van der Waals surface area contributed by atoms with Crippen LogP contribution in [0.25, 0.3) is 0 Å². The highest BCUT2D eigenvalue weighted by Crippen LogP contribution is 2.21. The number of carbonyl (C=O) groups is 1. The molecule has 2 aromatic carbocycles. The summed E-state index contributed by atoms with van der Waals surface area (Å²) in [6.07, 6.45) is 2.03. The van der Waals surface area contributed by atoms with Crippen LogP contribution >= 0.6 is 0 Å². The number of hydrogen-bond acceptors (Lipinski definition) is 3. The van der Waals surface area contributed by atoms with Crippen molar-refractivity contribution in [3.8, 4) is 0 Å². The Labute approximate surface area is 170 Å². The van der Waals surface area contributed by atoms with Crippen LogP contribution in [-0.2, 0) is 14.8 Å². The van der Waals surface area contributed by atoms with Crippen molar-refractivity contribution in [2.24, 2.45) is 0 Å². The van der Waals surface area contributed by atoms with Gasteiger partial charge in [-0.3, -0.25) is 4.79 Å². The van der Waals surface area contributed by atoms with E-state index in [4.69, 9.17) is 0 Å². The van der Waals surface area contributed by atoms with Gasteiger partial charge in [0.2, 0.25) is 10.0 Å². The van der Waals surface area contributed by atoms with E-state index in [0.29, 0.717) is 13.1 Å². The van der Waals surface area contributed by atoms with E-state index in [1.54, 1.807) is 0 Å². The van der Waals surface area contributed by atoms with Gasteiger partial charge in [0.15, 0.2) is 6.04 Å². The highest BCUT2D eigenvalue weighted by molar-refractivity contribution is 7.89. The van der Waals surface area contributed by atoms with Gasteiger partial charge >= 0.3 is 0 Å². The Bertz CT molecular complexity index is 972. The van der Waals surface area contributed by atoms with E-state index in [0.717, 1.165) is 29.4 Å². The first-order chi connectivity index (χ1) is 13.9. The van der Waals surface area contributed by atoms with Crippen molar-refractivity contribution in [2.45, 2.75) is 29.8 Å². The predicted octanol–water partition coefficient (Wildman–Crippen LogP) is 0.735. The minimum Gasteiger partial charge on any atom is -0.348 e. The molecular formula is C21H25FN3O3S+. The fraction of sp³-hybridized carbons (Fsp3) is 0.381. The predicted molar refractivity (Wildman–Crippen MR) is 106 cm³/mol. The van der Waals surface area contributed by atoms with Crippen molar-refractivity contribution < 1.29 is 22.5 Å². The molecule has 2 aromatic rings. The number of hydrogen-bond donors (Lipinski definition) is 2. The molecule has 1 atom stereocenters. The van der Waals surface area contributed by atoms with Crippen LogP contribution in [0.2, 0.25) is 0 Å². The first-order valence-corrected chi connectivity index (χ1v) is 11.3. The highest BCUT2D eigenvalue weighted by Gasteiger charge is 2.39. The molecule has 4 rings (SSSR count). The normalized spacial score (nSPS) is 19.6. The molecule has 2 aliphatic rings. The summed E-state index contributed by atoms with van der Waals surface area (Å²) in [4.78, 5) is 13.9. The van der Waals surface area contributed by atoms with E-state index < -0.39 is 15.8 Å². The summed E-state index contributed by atoms with van der Waals surface area (Å²) in [5, 5.41) is 3.09. The van der Waals surface area contributed by atoms with Gasteiger partial charge in [0.25, 0.3) is 5.91 Å². The quantitative estimate of drug-likeness (QED) is 0.727. The van der Waals surface area contributed by atoms with E-state index >= 15 is 0 Å². The molecule has 1 aliphatic heterocycles. The number of amides is 1. The molecule has 154 valence electrons. The van der Waals surface area contributed by atoms with Crippen molar-refractivity contribution in [1.29, 1.82) is 0 Å². The molecule has 0 aromatic heterocycles. The minimum atomic E-state index is -3.75. The Kier molecular flexibility index (Phi) is 5.67. The van der Waals surface area contributed by atoms with Crippen molar-refractivity contribution in [2.75, 3.05) is 26.2 Å². The average Bonchev–Trinajstić information content (AvgIpc) is 3.53. The van der Waals surface area contributed by atoms with Gasteiger partial charge < -0.3 is 10.2 Å². The Morgan fingerprint density at radius 3 is 2.38 bits per heavy atom. The van der Waals surface area contributed by atoms with Crippen LogP contribution in [0, 0.1) is 5.82 Å². The Morgan fingerprint density at radius 1 is 1.07 bits per heavy atom. The van der Waals surface area contributed by atoms with Crippen LogP contribution in [0.1, 0.15) is 24.4 Å². The number of nitrogens with zero attached hydrogens (tertiary/aromatic N) is 1. The monoisotopic (exact) mass is 418 g/mol. The van der Waals surface area contributed by atoms with Crippen LogP contribution in [0.5, 0.6) is 0 Å². The molecular weight excluding hydrogens is 393 g/mol. The first kappa shape index (κ1) is 20.0. The molecule has 0 spiro atoms. The molecule has 1 amide bonds. The number of piperazine rings is 1. The van der Waals surface area contributed by atoms with Crippen molar-refractivity contribution >= 4 is 15.9 Å². The summed E-state index contributed by atoms with van der Waals surface area (Å²) >= 11 is 0. The van der Waals surface area contributed by atoms with Crippen LogP contribution < -0.4 is 10.2 Å². The lowest BCUT2D eigenvalue weighted by atomic mass is 10.0. The van der Waals surface area contributed by atoms with E-state index in [1.165, 1.54) is 22.5 Å². The standard InChI is InChI=1S/C21H24FN3O3S/c22-17-7-4-8-19(15-17)29(27,28)25-13-11-24(12-14-25)20(16-5-2-1-3-6-16)21(26)23-18-9-10-18/h1-8,15,18,20H,9-14H2,(H,23,26)/p+1/t20-/m0/s1. The van der Waals surface area contributed by atoms with Crippen molar-refractivity contribution in [1.82, 2.24) is 9.62 Å². The number of benzene rings is 2. The number of sulfonamides is 1. The van der Waals surface area contributed by atoms with Crippen molar-refractivity contribution in [3.05, 3.63) is 66.0 Å². The van der Waals surface area contributed by atoms with E-state index in [-0.39, 0.29) is 36.0 Å². The number of carbonyl (C=O) groups excluding carboxylic acids is 1. The molecule has 6 nitrogen and oxygen atoms in total. The highest BCUT2D eigenvalue weighted by atomic mass is 32.2. The molecule has 2 N–H and O–H groups in total.